The second-order valence-corrected chi connectivity index (χ2v) is 7.51. The van der Waals surface area contributed by atoms with Crippen LogP contribution in [0.5, 0.6) is 0 Å². The van der Waals surface area contributed by atoms with Gasteiger partial charge in [-0.15, -0.1) is 11.3 Å². The molecule has 25 heavy (non-hydrogen) atoms. The minimum absolute atomic E-state index is 0.0317. The summed E-state index contributed by atoms with van der Waals surface area (Å²) in [5.74, 6) is 0.0812. The summed E-state index contributed by atoms with van der Waals surface area (Å²) in [7, 11) is 0. The number of hydrogen-bond acceptors (Lipinski definition) is 4. The van der Waals surface area contributed by atoms with Gasteiger partial charge in [-0.3, -0.25) is 14.3 Å². The van der Waals surface area contributed by atoms with Crippen LogP contribution in [0.25, 0.3) is 0 Å². The zero-order chi connectivity index (χ0) is 17.8. The van der Waals surface area contributed by atoms with Crippen molar-refractivity contribution in [3.8, 4) is 0 Å². The molecule has 0 aromatic carbocycles. The second-order valence-electron chi connectivity index (χ2n) is 6.53. The molecule has 2 aromatic rings. The van der Waals surface area contributed by atoms with E-state index in [0.717, 1.165) is 29.2 Å². The van der Waals surface area contributed by atoms with Crippen LogP contribution in [0.15, 0.2) is 23.6 Å². The molecule has 0 saturated carbocycles. The van der Waals surface area contributed by atoms with E-state index in [0.29, 0.717) is 19.3 Å². The molecular formula is C18H24N4O2S. The molecule has 1 saturated heterocycles. The number of aromatic nitrogens is 2. The van der Waals surface area contributed by atoms with Crippen molar-refractivity contribution in [1.29, 1.82) is 0 Å². The molecule has 2 atom stereocenters. The highest BCUT2D eigenvalue weighted by Crippen LogP contribution is 2.27. The van der Waals surface area contributed by atoms with E-state index in [2.05, 4.69) is 15.7 Å². The van der Waals surface area contributed by atoms with Gasteiger partial charge < -0.3 is 10.6 Å². The summed E-state index contributed by atoms with van der Waals surface area (Å²) in [5, 5.41) is 12.5. The predicted molar refractivity (Wildman–Crippen MR) is 97.3 cm³/mol. The average Bonchev–Trinajstić information content (AvgIpc) is 3.19. The Morgan fingerprint density at radius 3 is 3.00 bits per heavy atom. The molecule has 0 aliphatic carbocycles. The van der Waals surface area contributed by atoms with E-state index < -0.39 is 0 Å². The Morgan fingerprint density at radius 2 is 2.32 bits per heavy atom. The topological polar surface area (TPSA) is 76.0 Å². The highest BCUT2D eigenvalue weighted by molar-refractivity contribution is 7.10. The molecule has 134 valence electrons. The summed E-state index contributed by atoms with van der Waals surface area (Å²) in [6, 6.07) is 5.84. The lowest BCUT2D eigenvalue weighted by atomic mass is 9.96. The van der Waals surface area contributed by atoms with Crippen LogP contribution in [0, 0.1) is 13.8 Å². The molecule has 2 aromatic heterocycles. The third-order valence-electron chi connectivity index (χ3n) is 4.47. The minimum Gasteiger partial charge on any atom is -0.351 e. The molecule has 2 amide bonds. The van der Waals surface area contributed by atoms with Gasteiger partial charge in [0.2, 0.25) is 11.8 Å². The number of piperidine rings is 1. The highest BCUT2D eigenvalue weighted by Gasteiger charge is 2.31. The quantitative estimate of drug-likeness (QED) is 0.831. The summed E-state index contributed by atoms with van der Waals surface area (Å²) in [6.45, 7) is 4.73. The standard InChI is InChI=1S/C18H24N4O2S/c1-12-11-13(2)22(21-12)9-3-6-16(23)19-14-7-8-17(24)20-18(14)15-5-4-10-25-15/h4-5,10-11,14,18H,3,6-9H2,1-2H3,(H,19,23)(H,20,24)/t14-,18-/m1/s1. The van der Waals surface area contributed by atoms with Crippen molar-refractivity contribution < 1.29 is 9.59 Å². The van der Waals surface area contributed by atoms with Crippen LogP contribution in [-0.4, -0.2) is 27.6 Å². The summed E-state index contributed by atoms with van der Waals surface area (Å²) in [6.07, 6.45) is 2.34. The molecule has 1 aliphatic rings. The molecule has 1 fully saturated rings. The van der Waals surface area contributed by atoms with Crippen LogP contribution in [0.4, 0.5) is 0 Å². The van der Waals surface area contributed by atoms with Crippen LogP contribution in [0.2, 0.25) is 0 Å². The molecule has 3 rings (SSSR count). The van der Waals surface area contributed by atoms with Crippen LogP contribution < -0.4 is 10.6 Å². The largest absolute Gasteiger partial charge is 0.351 e. The first-order valence-electron chi connectivity index (χ1n) is 8.66. The van der Waals surface area contributed by atoms with Crippen molar-refractivity contribution in [1.82, 2.24) is 20.4 Å². The molecule has 6 nitrogen and oxygen atoms in total. The third-order valence-corrected chi connectivity index (χ3v) is 5.43. The lowest BCUT2D eigenvalue weighted by Gasteiger charge is -2.32. The smallest absolute Gasteiger partial charge is 0.220 e. The van der Waals surface area contributed by atoms with Crippen LogP contribution >= 0.6 is 11.3 Å². The number of hydrogen-bond donors (Lipinski definition) is 2. The SMILES string of the molecule is Cc1cc(C)n(CCCC(=O)N[C@@H]2CCC(=O)N[C@H]2c2cccs2)n1. The van der Waals surface area contributed by atoms with E-state index in [1.165, 1.54) is 0 Å². The zero-order valence-electron chi connectivity index (χ0n) is 14.6. The number of amides is 2. The summed E-state index contributed by atoms with van der Waals surface area (Å²) < 4.78 is 1.94. The number of aryl methyl sites for hydroxylation is 3. The Kier molecular flexibility index (Phi) is 5.53. The molecule has 0 radical (unpaired) electrons. The summed E-state index contributed by atoms with van der Waals surface area (Å²) in [5.41, 5.74) is 2.12. The fourth-order valence-electron chi connectivity index (χ4n) is 3.26. The molecule has 3 heterocycles. The molecular weight excluding hydrogens is 336 g/mol. The van der Waals surface area contributed by atoms with E-state index in [9.17, 15) is 9.59 Å². The van der Waals surface area contributed by atoms with Gasteiger partial charge in [0.05, 0.1) is 17.8 Å². The maximum Gasteiger partial charge on any atom is 0.220 e. The maximum atomic E-state index is 12.3. The number of carbonyl (C=O) groups is 2. The second kappa shape index (κ2) is 7.82. The van der Waals surface area contributed by atoms with Crippen LogP contribution in [0.1, 0.15) is 48.0 Å². The molecule has 2 N–H and O–H groups in total. The van der Waals surface area contributed by atoms with Crippen LogP contribution in [0.3, 0.4) is 0 Å². The Morgan fingerprint density at radius 1 is 1.48 bits per heavy atom. The van der Waals surface area contributed by atoms with Gasteiger partial charge in [-0.25, -0.2) is 0 Å². The third kappa shape index (κ3) is 4.48. The van der Waals surface area contributed by atoms with Crippen molar-refractivity contribution in [2.24, 2.45) is 0 Å². The summed E-state index contributed by atoms with van der Waals surface area (Å²) in [4.78, 5) is 25.2. The van der Waals surface area contributed by atoms with E-state index in [-0.39, 0.29) is 23.9 Å². The molecule has 0 spiro atoms. The van der Waals surface area contributed by atoms with Gasteiger partial charge in [-0.1, -0.05) is 6.07 Å². The number of nitrogens with zero attached hydrogens (tertiary/aromatic N) is 2. The first kappa shape index (κ1) is 17.7. The first-order chi connectivity index (χ1) is 12.0. The monoisotopic (exact) mass is 360 g/mol. The Hall–Kier alpha value is -2.15. The fraction of sp³-hybridized carbons (Fsp3) is 0.500. The Bertz CT molecular complexity index is 738. The Balaban J connectivity index is 1.52. The molecule has 1 aliphatic heterocycles. The number of carbonyl (C=O) groups excluding carboxylic acids is 2. The maximum absolute atomic E-state index is 12.3. The van der Waals surface area contributed by atoms with Crippen molar-refractivity contribution in [2.75, 3.05) is 0 Å². The molecule has 7 heteroatoms. The highest BCUT2D eigenvalue weighted by atomic mass is 32.1. The van der Waals surface area contributed by atoms with Crippen molar-refractivity contribution in [3.05, 3.63) is 39.8 Å². The minimum atomic E-state index is -0.124. The number of thiophene rings is 1. The Labute approximate surface area is 151 Å². The van der Waals surface area contributed by atoms with Gasteiger partial charge >= 0.3 is 0 Å². The van der Waals surface area contributed by atoms with E-state index >= 15 is 0 Å². The van der Waals surface area contributed by atoms with Crippen LogP contribution in [-0.2, 0) is 16.1 Å². The van der Waals surface area contributed by atoms with Gasteiger partial charge in [-0.2, -0.15) is 5.10 Å². The average molecular weight is 360 g/mol. The van der Waals surface area contributed by atoms with E-state index in [1.54, 1.807) is 11.3 Å². The van der Waals surface area contributed by atoms with Crippen molar-refractivity contribution >= 4 is 23.2 Å². The first-order valence-corrected chi connectivity index (χ1v) is 9.54. The van der Waals surface area contributed by atoms with Gasteiger partial charge in [0.1, 0.15) is 0 Å². The predicted octanol–water partition coefficient (Wildman–Crippen LogP) is 2.48. The van der Waals surface area contributed by atoms with Gasteiger partial charge in [0, 0.05) is 30.0 Å². The van der Waals surface area contributed by atoms with Gasteiger partial charge in [0.25, 0.3) is 0 Å². The normalized spacial score (nSPS) is 20.3. The number of rotatable bonds is 6. The van der Waals surface area contributed by atoms with Crippen molar-refractivity contribution in [3.63, 3.8) is 0 Å². The molecule has 0 unspecified atom stereocenters. The fourth-order valence-corrected chi connectivity index (χ4v) is 4.10. The van der Waals surface area contributed by atoms with Crippen molar-refractivity contribution in [2.45, 2.75) is 58.2 Å². The lowest BCUT2D eigenvalue weighted by molar-refractivity contribution is -0.127. The van der Waals surface area contributed by atoms with Gasteiger partial charge in [-0.05, 0) is 44.2 Å². The summed E-state index contributed by atoms with van der Waals surface area (Å²) >= 11 is 1.60. The number of nitrogens with one attached hydrogen (secondary N) is 2. The molecule has 0 bridgehead atoms. The zero-order valence-corrected chi connectivity index (χ0v) is 15.4. The lowest BCUT2D eigenvalue weighted by Crippen LogP contribution is -2.49. The van der Waals surface area contributed by atoms with Gasteiger partial charge in [0.15, 0.2) is 0 Å². The van der Waals surface area contributed by atoms with E-state index in [1.807, 2.05) is 42.1 Å². The van der Waals surface area contributed by atoms with E-state index in [4.69, 9.17) is 0 Å².